The first-order valence-corrected chi connectivity index (χ1v) is 6.97. The third kappa shape index (κ3) is 5.91. The largest absolute Gasteiger partial charge is 0.492 e. The number of ether oxygens (including phenoxy) is 1. The monoisotopic (exact) mass is 281 g/mol. The van der Waals surface area contributed by atoms with E-state index in [1.54, 1.807) is 19.2 Å². The van der Waals surface area contributed by atoms with Crippen molar-refractivity contribution in [1.29, 1.82) is 0 Å². The molecule has 0 radical (unpaired) electrons. The highest BCUT2D eigenvalue weighted by molar-refractivity contribution is 5.79. The molecule has 20 heavy (non-hydrogen) atoms. The van der Waals surface area contributed by atoms with Crippen LogP contribution in [0.4, 0.5) is 4.39 Å². The molecule has 0 aliphatic carbocycles. The highest BCUT2D eigenvalue weighted by Crippen LogP contribution is 2.11. The lowest BCUT2D eigenvalue weighted by atomic mass is 10.3. The van der Waals surface area contributed by atoms with Crippen LogP contribution in [-0.4, -0.2) is 44.7 Å². The van der Waals surface area contributed by atoms with Gasteiger partial charge in [-0.1, -0.05) is 19.4 Å². The molecule has 0 amide bonds. The summed E-state index contributed by atoms with van der Waals surface area (Å²) < 4.78 is 18.4. The van der Waals surface area contributed by atoms with E-state index in [9.17, 15) is 4.39 Å². The molecule has 0 atom stereocenters. The maximum absolute atomic E-state index is 13.0. The van der Waals surface area contributed by atoms with Crippen molar-refractivity contribution < 1.29 is 9.13 Å². The molecule has 0 unspecified atom stereocenters. The van der Waals surface area contributed by atoms with Gasteiger partial charge in [-0.05, 0) is 18.6 Å². The van der Waals surface area contributed by atoms with Gasteiger partial charge < -0.3 is 15.0 Å². The molecule has 1 rings (SSSR count). The summed E-state index contributed by atoms with van der Waals surface area (Å²) in [4.78, 5) is 6.30. The third-order valence-electron chi connectivity index (χ3n) is 2.87. The van der Waals surface area contributed by atoms with Crippen LogP contribution in [0.2, 0.25) is 0 Å². The fourth-order valence-electron chi connectivity index (χ4n) is 1.77. The van der Waals surface area contributed by atoms with Gasteiger partial charge in [-0.3, -0.25) is 4.99 Å². The zero-order valence-corrected chi connectivity index (χ0v) is 12.5. The second kappa shape index (κ2) is 9.18. The summed E-state index contributed by atoms with van der Waals surface area (Å²) in [5, 5.41) is 3.22. The van der Waals surface area contributed by atoms with Crippen molar-refractivity contribution >= 4 is 5.96 Å². The SMILES string of the molecule is CCCCN(C)C(=NC)NCCOc1cccc(F)c1. The number of benzene rings is 1. The van der Waals surface area contributed by atoms with E-state index in [4.69, 9.17) is 4.74 Å². The van der Waals surface area contributed by atoms with Crippen molar-refractivity contribution in [2.45, 2.75) is 19.8 Å². The number of guanidine groups is 1. The summed E-state index contributed by atoms with van der Waals surface area (Å²) in [6.45, 7) is 4.22. The maximum Gasteiger partial charge on any atom is 0.193 e. The minimum Gasteiger partial charge on any atom is -0.492 e. The highest BCUT2D eigenvalue weighted by Gasteiger charge is 2.04. The van der Waals surface area contributed by atoms with Crippen molar-refractivity contribution in [1.82, 2.24) is 10.2 Å². The van der Waals surface area contributed by atoms with Crippen LogP contribution in [0.5, 0.6) is 5.75 Å². The Labute approximate surface area is 120 Å². The van der Waals surface area contributed by atoms with Crippen LogP contribution in [-0.2, 0) is 0 Å². The number of halogens is 1. The van der Waals surface area contributed by atoms with E-state index in [2.05, 4.69) is 22.1 Å². The first-order chi connectivity index (χ1) is 9.67. The van der Waals surface area contributed by atoms with Gasteiger partial charge in [0.15, 0.2) is 5.96 Å². The van der Waals surface area contributed by atoms with Crippen LogP contribution in [0.25, 0.3) is 0 Å². The van der Waals surface area contributed by atoms with Crippen LogP contribution >= 0.6 is 0 Å². The molecule has 0 aromatic heterocycles. The fourth-order valence-corrected chi connectivity index (χ4v) is 1.77. The molecular weight excluding hydrogens is 257 g/mol. The Bertz CT molecular complexity index is 423. The molecule has 1 aromatic carbocycles. The van der Waals surface area contributed by atoms with Crippen molar-refractivity contribution in [3.63, 3.8) is 0 Å². The number of unbranched alkanes of at least 4 members (excludes halogenated alkanes) is 1. The van der Waals surface area contributed by atoms with E-state index in [0.717, 1.165) is 25.3 Å². The Balaban J connectivity index is 2.28. The summed E-state index contributed by atoms with van der Waals surface area (Å²) in [6.07, 6.45) is 2.29. The van der Waals surface area contributed by atoms with Crippen LogP contribution in [0.1, 0.15) is 19.8 Å². The molecule has 0 saturated heterocycles. The standard InChI is InChI=1S/C15H24FN3O/c1-4-5-10-19(3)15(17-2)18-9-11-20-14-8-6-7-13(16)12-14/h6-8,12H,4-5,9-11H2,1-3H3,(H,17,18). The topological polar surface area (TPSA) is 36.9 Å². The van der Waals surface area contributed by atoms with Crippen molar-refractivity contribution in [3.05, 3.63) is 30.1 Å². The molecule has 0 heterocycles. The van der Waals surface area contributed by atoms with Crippen molar-refractivity contribution in [2.24, 2.45) is 4.99 Å². The van der Waals surface area contributed by atoms with Gasteiger partial charge in [0, 0.05) is 26.7 Å². The smallest absolute Gasteiger partial charge is 0.193 e. The van der Waals surface area contributed by atoms with Gasteiger partial charge in [0.2, 0.25) is 0 Å². The molecule has 0 aliphatic rings. The van der Waals surface area contributed by atoms with Crippen LogP contribution < -0.4 is 10.1 Å². The molecule has 0 bridgehead atoms. The van der Waals surface area contributed by atoms with Gasteiger partial charge in [0.25, 0.3) is 0 Å². The lowest BCUT2D eigenvalue weighted by molar-refractivity contribution is 0.317. The Kier molecular flexibility index (Phi) is 7.47. The first-order valence-electron chi connectivity index (χ1n) is 6.97. The molecule has 0 saturated carbocycles. The van der Waals surface area contributed by atoms with Gasteiger partial charge in [0.1, 0.15) is 18.2 Å². The zero-order chi connectivity index (χ0) is 14.8. The molecule has 4 nitrogen and oxygen atoms in total. The summed E-state index contributed by atoms with van der Waals surface area (Å²) in [5.74, 6) is 1.10. The quantitative estimate of drug-likeness (QED) is 0.474. The number of hydrogen-bond acceptors (Lipinski definition) is 2. The van der Waals surface area contributed by atoms with E-state index in [1.165, 1.54) is 12.1 Å². The van der Waals surface area contributed by atoms with E-state index in [1.807, 2.05) is 7.05 Å². The predicted molar refractivity (Wildman–Crippen MR) is 80.8 cm³/mol. The van der Waals surface area contributed by atoms with Gasteiger partial charge in [0.05, 0.1) is 6.54 Å². The normalized spacial score (nSPS) is 11.3. The number of rotatable bonds is 7. The average Bonchev–Trinajstić information content (AvgIpc) is 2.45. The summed E-state index contributed by atoms with van der Waals surface area (Å²) >= 11 is 0. The minimum absolute atomic E-state index is 0.287. The van der Waals surface area contributed by atoms with Gasteiger partial charge in [-0.2, -0.15) is 0 Å². The van der Waals surface area contributed by atoms with Crippen LogP contribution in [0.15, 0.2) is 29.3 Å². The average molecular weight is 281 g/mol. The zero-order valence-electron chi connectivity index (χ0n) is 12.5. The molecular formula is C15H24FN3O. The Morgan fingerprint density at radius 2 is 2.25 bits per heavy atom. The van der Waals surface area contributed by atoms with Gasteiger partial charge in [-0.25, -0.2) is 4.39 Å². The second-order valence-corrected chi connectivity index (χ2v) is 4.55. The van der Waals surface area contributed by atoms with Crippen molar-refractivity contribution in [2.75, 3.05) is 33.8 Å². The number of nitrogens with zero attached hydrogens (tertiary/aromatic N) is 2. The molecule has 5 heteroatoms. The fraction of sp³-hybridized carbons (Fsp3) is 0.533. The lowest BCUT2D eigenvalue weighted by Gasteiger charge is -2.21. The summed E-state index contributed by atoms with van der Waals surface area (Å²) in [6, 6.07) is 6.15. The second-order valence-electron chi connectivity index (χ2n) is 4.55. The molecule has 1 aromatic rings. The summed E-state index contributed by atoms with van der Waals surface area (Å²) in [7, 11) is 3.77. The minimum atomic E-state index is -0.287. The van der Waals surface area contributed by atoms with E-state index in [0.29, 0.717) is 18.9 Å². The third-order valence-corrected chi connectivity index (χ3v) is 2.87. The van der Waals surface area contributed by atoms with E-state index < -0.39 is 0 Å². The lowest BCUT2D eigenvalue weighted by Crippen LogP contribution is -2.41. The highest BCUT2D eigenvalue weighted by atomic mass is 19.1. The van der Waals surface area contributed by atoms with Crippen LogP contribution in [0.3, 0.4) is 0 Å². The number of hydrogen-bond donors (Lipinski definition) is 1. The van der Waals surface area contributed by atoms with E-state index >= 15 is 0 Å². The Morgan fingerprint density at radius 1 is 1.45 bits per heavy atom. The molecule has 0 aliphatic heterocycles. The number of aliphatic imine (C=N–C) groups is 1. The maximum atomic E-state index is 13.0. The number of nitrogens with one attached hydrogen (secondary N) is 1. The van der Waals surface area contributed by atoms with Crippen LogP contribution in [0, 0.1) is 5.82 Å². The van der Waals surface area contributed by atoms with Crippen molar-refractivity contribution in [3.8, 4) is 5.75 Å². The van der Waals surface area contributed by atoms with Gasteiger partial charge in [-0.15, -0.1) is 0 Å². The molecule has 0 fully saturated rings. The summed E-state index contributed by atoms with van der Waals surface area (Å²) in [5.41, 5.74) is 0. The molecule has 1 N–H and O–H groups in total. The Morgan fingerprint density at radius 3 is 2.90 bits per heavy atom. The molecule has 0 spiro atoms. The predicted octanol–water partition coefficient (Wildman–Crippen LogP) is 2.51. The molecule has 112 valence electrons. The first kappa shape index (κ1) is 16.3. The Hall–Kier alpha value is -1.78. The van der Waals surface area contributed by atoms with Gasteiger partial charge >= 0.3 is 0 Å². The van der Waals surface area contributed by atoms with E-state index in [-0.39, 0.29) is 5.82 Å².